The summed E-state index contributed by atoms with van der Waals surface area (Å²) in [7, 11) is 0. The SMILES string of the molecule is CC[C@H](C)[C@H](NC(=O)[C@H](C)NC(=O)[C@H](CCC(N)=O)NC(=O)[C@@H]1[C@H]2[C@H](CN=C(N)N)[C@H]2CN1C(=O)[C@@H](N)CCCN=C(N)N)C(=O)O. The van der Waals surface area contributed by atoms with Gasteiger partial charge >= 0.3 is 5.97 Å². The molecule has 0 radical (unpaired) electrons. The molecule has 19 nitrogen and oxygen atoms in total. The highest BCUT2D eigenvalue weighted by molar-refractivity contribution is 5.96. The Balaban J connectivity index is 2.23. The standard InChI is InChI=1S/C28H50N12O7/c1-4-12(2)20(26(46)47)39-22(42)13(3)37-23(43)17(7-8-18(30)41)38-24(44)21-19-14(10-36-28(33)34)15(19)11-40(21)25(45)16(29)6-5-9-35-27(31)32/h12-17,19-21H,4-11,29H2,1-3H3,(H2,30,41)(H,37,43)(H,38,44)(H,39,42)(H,46,47)(H4,31,32,35)(H4,33,34,36)/t12-,13-,14+,15+,16-,17-,19-,20-,21-/m0/s1. The number of piperidine rings is 1. The number of carboxylic acid groups (broad SMARTS) is 1. The number of carbonyl (C=O) groups is 6. The van der Waals surface area contributed by atoms with Crippen LogP contribution in [0.3, 0.4) is 0 Å². The van der Waals surface area contributed by atoms with Crippen LogP contribution in [-0.4, -0.2) is 107 Å². The molecule has 2 aliphatic rings. The van der Waals surface area contributed by atoms with E-state index in [-0.39, 0.29) is 74.5 Å². The van der Waals surface area contributed by atoms with Crippen LogP contribution in [0.4, 0.5) is 0 Å². The summed E-state index contributed by atoms with van der Waals surface area (Å²) in [6, 6.07) is -5.67. The smallest absolute Gasteiger partial charge is 0.326 e. The highest BCUT2D eigenvalue weighted by atomic mass is 16.4. The van der Waals surface area contributed by atoms with E-state index in [2.05, 4.69) is 25.9 Å². The van der Waals surface area contributed by atoms with Crippen molar-refractivity contribution in [3.05, 3.63) is 0 Å². The van der Waals surface area contributed by atoms with Gasteiger partial charge in [-0.25, -0.2) is 4.79 Å². The molecule has 2 fully saturated rings. The number of nitrogens with two attached hydrogens (primary N) is 6. The average molecular weight is 667 g/mol. The molecular formula is C28H50N12O7. The van der Waals surface area contributed by atoms with Crippen molar-refractivity contribution in [2.75, 3.05) is 19.6 Å². The Hall–Kier alpha value is -4.68. The number of amides is 5. The van der Waals surface area contributed by atoms with Gasteiger partial charge in [0.25, 0.3) is 0 Å². The number of hydrogen-bond donors (Lipinski definition) is 10. The first-order valence-electron chi connectivity index (χ1n) is 15.6. The Labute approximate surface area is 273 Å². The number of guanidine groups is 2. The Morgan fingerprint density at radius 1 is 0.915 bits per heavy atom. The number of nitrogens with zero attached hydrogens (tertiary/aromatic N) is 3. The first-order chi connectivity index (χ1) is 22.0. The van der Waals surface area contributed by atoms with E-state index in [4.69, 9.17) is 34.4 Å². The van der Waals surface area contributed by atoms with Crippen LogP contribution in [-0.2, 0) is 28.8 Å². The number of aliphatic carboxylic acids is 1. The summed E-state index contributed by atoms with van der Waals surface area (Å²) in [5, 5.41) is 17.0. The van der Waals surface area contributed by atoms with Crippen molar-refractivity contribution in [1.29, 1.82) is 0 Å². The van der Waals surface area contributed by atoms with E-state index in [9.17, 15) is 33.9 Å². The molecule has 0 bridgehead atoms. The number of carbonyl (C=O) groups excluding carboxylic acids is 5. The van der Waals surface area contributed by atoms with E-state index >= 15 is 0 Å². The van der Waals surface area contributed by atoms with Crippen LogP contribution in [0.15, 0.2) is 9.98 Å². The molecule has 47 heavy (non-hydrogen) atoms. The second-order valence-corrected chi connectivity index (χ2v) is 12.2. The van der Waals surface area contributed by atoms with Crippen LogP contribution in [0.2, 0.25) is 0 Å². The number of carboxylic acids is 1. The maximum atomic E-state index is 13.8. The van der Waals surface area contributed by atoms with E-state index in [1.54, 1.807) is 13.8 Å². The number of rotatable bonds is 19. The van der Waals surface area contributed by atoms with Crippen LogP contribution in [0.1, 0.15) is 52.9 Å². The molecule has 16 N–H and O–H groups in total. The fraction of sp³-hybridized carbons (Fsp3) is 0.714. The van der Waals surface area contributed by atoms with Crippen molar-refractivity contribution in [1.82, 2.24) is 20.9 Å². The second-order valence-electron chi connectivity index (χ2n) is 12.2. The number of nitrogens with one attached hydrogen (secondary N) is 3. The Bertz CT molecular complexity index is 1240. The lowest BCUT2D eigenvalue weighted by Crippen LogP contribution is -2.59. The van der Waals surface area contributed by atoms with Gasteiger partial charge in [0.2, 0.25) is 29.5 Å². The van der Waals surface area contributed by atoms with E-state index in [0.717, 1.165) is 0 Å². The lowest BCUT2D eigenvalue weighted by molar-refractivity contribution is -0.143. The van der Waals surface area contributed by atoms with Crippen LogP contribution in [0.25, 0.3) is 0 Å². The van der Waals surface area contributed by atoms with E-state index < -0.39 is 65.7 Å². The van der Waals surface area contributed by atoms with Gasteiger partial charge in [-0.2, -0.15) is 0 Å². The number of primary amides is 1. The predicted molar refractivity (Wildman–Crippen MR) is 172 cm³/mol. The zero-order valence-electron chi connectivity index (χ0n) is 27.1. The largest absolute Gasteiger partial charge is 0.480 e. The van der Waals surface area contributed by atoms with E-state index in [1.165, 1.54) is 11.8 Å². The third kappa shape index (κ3) is 11.0. The van der Waals surface area contributed by atoms with E-state index in [0.29, 0.717) is 12.8 Å². The summed E-state index contributed by atoms with van der Waals surface area (Å²) < 4.78 is 0. The molecule has 0 spiro atoms. The molecule has 1 saturated carbocycles. The molecule has 19 heteroatoms. The first-order valence-corrected chi connectivity index (χ1v) is 15.6. The van der Waals surface area contributed by atoms with Crippen molar-refractivity contribution >= 4 is 47.4 Å². The molecule has 1 aliphatic carbocycles. The molecule has 1 heterocycles. The molecule has 0 aromatic rings. The third-order valence-corrected chi connectivity index (χ3v) is 8.67. The highest BCUT2D eigenvalue weighted by Crippen LogP contribution is 2.55. The Morgan fingerprint density at radius 2 is 1.55 bits per heavy atom. The normalized spacial score (nSPS) is 22.7. The fourth-order valence-corrected chi connectivity index (χ4v) is 5.77. The van der Waals surface area contributed by atoms with Crippen LogP contribution >= 0.6 is 0 Å². The molecule has 0 aromatic heterocycles. The van der Waals surface area contributed by atoms with Gasteiger partial charge in [-0.15, -0.1) is 0 Å². The summed E-state index contributed by atoms with van der Waals surface area (Å²) >= 11 is 0. The minimum absolute atomic E-state index is 0.0893. The predicted octanol–water partition coefficient (Wildman–Crippen LogP) is -4.42. The molecule has 1 saturated heterocycles. The molecule has 0 unspecified atom stereocenters. The highest BCUT2D eigenvalue weighted by Gasteiger charge is 2.64. The topological polar surface area (TPSA) is 343 Å². The maximum absolute atomic E-state index is 13.8. The number of likely N-dealkylation sites (tertiary alicyclic amines) is 1. The zero-order chi connectivity index (χ0) is 35.6. The third-order valence-electron chi connectivity index (χ3n) is 8.67. The van der Waals surface area contributed by atoms with Crippen molar-refractivity contribution in [2.24, 2.45) is 68.1 Å². The summed E-state index contributed by atoms with van der Waals surface area (Å²) in [5.74, 6) is -5.78. The molecule has 264 valence electrons. The van der Waals surface area contributed by atoms with Crippen molar-refractivity contribution in [2.45, 2.75) is 83.1 Å². The van der Waals surface area contributed by atoms with Gasteiger partial charge in [0.05, 0.1) is 6.04 Å². The molecule has 1 aliphatic heterocycles. The van der Waals surface area contributed by atoms with Gasteiger partial charge in [0, 0.05) is 26.1 Å². The minimum Gasteiger partial charge on any atom is -0.480 e. The van der Waals surface area contributed by atoms with Crippen molar-refractivity contribution in [3.8, 4) is 0 Å². The van der Waals surface area contributed by atoms with Crippen molar-refractivity contribution < 1.29 is 33.9 Å². The van der Waals surface area contributed by atoms with Gasteiger partial charge in [-0.1, -0.05) is 20.3 Å². The van der Waals surface area contributed by atoms with Crippen LogP contribution in [0, 0.1) is 23.7 Å². The van der Waals surface area contributed by atoms with Crippen LogP contribution < -0.4 is 50.4 Å². The average Bonchev–Trinajstić information content (AvgIpc) is 3.51. The molecule has 2 rings (SSSR count). The van der Waals surface area contributed by atoms with Gasteiger partial charge in [0.15, 0.2) is 11.9 Å². The zero-order valence-corrected chi connectivity index (χ0v) is 27.1. The van der Waals surface area contributed by atoms with Crippen molar-refractivity contribution in [3.63, 3.8) is 0 Å². The molecular weight excluding hydrogens is 616 g/mol. The molecule has 9 atom stereocenters. The summed E-state index contributed by atoms with van der Waals surface area (Å²) in [6.45, 7) is 5.51. The number of fused-ring (bicyclic) bond motifs is 1. The molecule has 5 amide bonds. The minimum atomic E-state index is -1.32. The van der Waals surface area contributed by atoms with Crippen LogP contribution in [0.5, 0.6) is 0 Å². The monoisotopic (exact) mass is 666 g/mol. The number of aliphatic imine (C=N–C) groups is 2. The Kier molecular flexibility index (Phi) is 14.2. The fourth-order valence-electron chi connectivity index (χ4n) is 5.77. The number of hydrogen-bond acceptors (Lipinski definition) is 9. The first kappa shape index (κ1) is 38.5. The lowest BCUT2D eigenvalue weighted by atomic mass is 9.99. The maximum Gasteiger partial charge on any atom is 0.326 e. The second kappa shape index (κ2) is 17.3. The van der Waals surface area contributed by atoms with Gasteiger partial charge in [-0.3, -0.25) is 34.0 Å². The summed E-state index contributed by atoms with van der Waals surface area (Å²) in [4.78, 5) is 85.9. The van der Waals surface area contributed by atoms with Gasteiger partial charge < -0.3 is 60.4 Å². The van der Waals surface area contributed by atoms with Gasteiger partial charge in [-0.05, 0) is 49.9 Å². The quantitative estimate of drug-likeness (QED) is 0.0355. The summed E-state index contributed by atoms with van der Waals surface area (Å²) in [6.07, 6.45) is 0.665. The lowest BCUT2D eigenvalue weighted by Gasteiger charge is -2.31. The summed E-state index contributed by atoms with van der Waals surface area (Å²) in [5.41, 5.74) is 33.2. The molecule has 0 aromatic carbocycles. The Morgan fingerprint density at radius 3 is 2.11 bits per heavy atom. The van der Waals surface area contributed by atoms with E-state index in [1.807, 2.05) is 0 Å². The van der Waals surface area contributed by atoms with Gasteiger partial charge in [0.1, 0.15) is 24.2 Å².